The summed E-state index contributed by atoms with van der Waals surface area (Å²) in [5, 5.41) is 11.8. The Balaban J connectivity index is 1.81. The molecule has 1 saturated heterocycles. The minimum absolute atomic E-state index is 0.102. The molecule has 2 fully saturated rings. The van der Waals surface area contributed by atoms with Gasteiger partial charge in [0.25, 0.3) is 0 Å². The molecule has 1 aliphatic carbocycles. The molecule has 2 atom stereocenters. The predicted octanol–water partition coefficient (Wildman–Crippen LogP) is 4.54. The molecular weight excluding hydrogens is 366 g/mol. The number of β-amino-alcohol motifs (C(OH)–C–C–N with tert-alkyl or cyclic N) is 1. The standard InChI is InChI=1S/C23H37NO3Si/c1-22(2,3)28(4,5)27-16-20-15-24(21(25)18-11-9-10-12-18)17-23(20,26)19-13-7-6-8-14-19/h6-8,13-14,18,20,26H,9-12,15-17H2,1-5H3/t20-,23+/m1/s1. The fourth-order valence-electron chi connectivity index (χ4n) is 4.27. The molecule has 0 bridgehead atoms. The lowest BCUT2D eigenvalue weighted by molar-refractivity contribution is -0.135. The Morgan fingerprint density at radius 2 is 1.82 bits per heavy atom. The number of aliphatic hydroxyl groups is 1. The lowest BCUT2D eigenvalue weighted by Gasteiger charge is -2.38. The van der Waals surface area contributed by atoms with Gasteiger partial charge in [-0.15, -0.1) is 0 Å². The number of carbonyl (C=O) groups is 1. The van der Waals surface area contributed by atoms with E-state index < -0.39 is 13.9 Å². The molecule has 0 radical (unpaired) electrons. The van der Waals surface area contributed by atoms with Gasteiger partial charge in [0, 0.05) is 25.0 Å². The summed E-state index contributed by atoms with van der Waals surface area (Å²) in [5.74, 6) is 0.260. The van der Waals surface area contributed by atoms with Crippen molar-refractivity contribution in [3.63, 3.8) is 0 Å². The van der Waals surface area contributed by atoms with Crippen LogP contribution in [0.2, 0.25) is 18.1 Å². The average molecular weight is 404 g/mol. The topological polar surface area (TPSA) is 49.8 Å². The molecule has 156 valence electrons. The van der Waals surface area contributed by atoms with Gasteiger partial charge in [0.2, 0.25) is 5.91 Å². The highest BCUT2D eigenvalue weighted by Gasteiger charge is 2.50. The maximum atomic E-state index is 13.1. The number of benzene rings is 1. The van der Waals surface area contributed by atoms with Gasteiger partial charge in [0.1, 0.15) is 5.60 Å². The van der Waals surface area contributed by atoms with E-state index in [4.69, 9.17) is 4.43 Å². The van der Waals surface area contributed by atoms with E-state index in [0.29, 0.717) is 19.7 Å². The lowest BCUT2D eigenvalue weighted by Crippen LogP contribution is -2.45. The highest BCUT2D eigenvalue weighted by Crippen LogP contribution is 2.42. The summed E-state index contributed by atoms with van der Waals surface area (Å²) in [6, 6.07) is 9.83. The number of carbonyl (C=O) groups excluding carboxylic acids is 1. The number of hydrogen-bond donors (Lipinski definition) is 1. The Labute approximate surface area is 171 Å². The van der Waals surface area contributed by atoms with Gasteiger partial charge < -0.3 is 14.4 Å². The molecular formula is C23H37NO3Si. The molecule has 1 saturated carbocycles. The summed E-state index contributed by atoms with van der Waals surface area (Å²) < 4.78 is 6.49. The fourth-order valence-corrected chi connectivity index (χ4v) is 5.32. The minimum Gasteiger partial charge on any atom is -0.416 e. The molecule has 3 rings (SSSR count). The molecule has 2 aliphatic rings. The molecule has 1 N–H and O–H groups in total. The third-order valence-electron chi connectivity index (χ3n) is 7.29. The Kier molecular flexibility index (Phi) is 6.09. The van der Waals surface area contributed by atoms with Crippen molar-refractivity contribution in [3.05, 3.63) is 35.9 Å². The molecule has 5 heteroatoms. The van der Waals surface area contributed by atoms with E-state index in [1.54, 1.807) is 0 Å². The SMILES string of the molecule is CC(C)(C)[Si](C)(C)OC[C@H]1CN(C(=O)C2CCCC2)C[C@]1(O)c1ccccc1. The summed E-state index contributed by atoms with van der Waals surface area (Å²) in [6.45, 7) is 12.6. The molecule has 28 heavy (non-hydrogen) atoms. The predicted molar refractivity (Wildman–Crippen MR) is 116 cm³/mol. The zero-order chi connectivity index (χ0) is 20.6. The van der Waals surface area contributed by atoms with Crippen molar-refractivity contribution < 1.29 is 14.3 Å². The van der Waals surface area contributed by atoms with Gasteiger partial charge >= 0.3 is 0 Å². The first-order valence-electron chi connectivity index (χ1n) is 10.8. The van der Waals surface area contributed by atoms with Crippen LogP contribution < -0.4 is 0 Å². The van der Waals surface area contributed by atoms with E-state index in [1.807, 2.05) is 35.2 Å². The van der Waals surface area contributed by atoms with Crippen molar-refractivity contribution in [3.8, 4) is 0 Å². The number of hydrogen-bond acceptors (Lipinski definition) is 3. The Morgan fingerprint density at radius 3 is 2.39 bits per heavy atom. The van der Waals surface area contributed by atoms with Gasteiger partial charge in [-0.3, -0.25) is 4.79 Å². The average Bonchev–Trinajstić information content (AvgIpc) is 3.28. The first kappa shape index (κ1) is 21.5. The smallest absolute Gasteiger partial charge is 0.225 e. The monoisotopic (exact) mass is 403 g/mol. The largest absolute Gasteiger partial charge is 0.416 e. The van der Waals surface area contributed by atoms with E-state index in [-0.39, 0.29) is 22.8 Å². The van der Waals surface area contributed by atoms with Gasteiger partial charge in [-0.2, -0.15) is 0 Å². The first-order chi connectivity index (χ1) is 13.0. The van der Waals surface area contributed by atoms with Crippen LogP contribution in [-0.4, -0.2) is 43.9 Å². The second-order valence-corrected chi connectivity index (χ2v) is 15.1. The highest BCUT2D eigenvalue weighted by molar-refractivity contribution is 6.74. The van der Waals surface area contributed by atoms with Crippen molar-refractivity contribution in [1.82, 2.24) is 4.90 Å². The Hall–Kier alpha value is -1.17. The molecule has 1 aliphatic heterocycles. The molecule has 1 aromatic carbocycles. The van der Waals surface area contributed by atoms with Crippen molar-refractivity contribution in [2.75, 3.05) is 19.7 Å². The summed E-state index contributed by atoms with van der Waals surface area (Å²) in [6.07, 6.45) is 4.27. The summed E-state index contributed by atoms with van der Waals surface area (Å²) >= 11 is 0. The van der Waals surface area contributed by atoms with Crippen LogP contribution >= 0.6 is 0 Å². The van der Waals surface area contributed by atoms with Gasteiger partial charge in [-0.05, 0) is 36.5 Å². The Bertz CT molecular complexity index is 679. The van der Waals surface area contributed by atoms with Crippen LogP contribution in [0.25, 0.3) is 0 Å². The number of nitrogens with zero attached hydrogens (tertiary/aromatic N) is 1. The van der Waals surface area contributed by atoms with Gasteiger partial charge in [-0.1, -0.05) is 63.9 Å². The Morgan fingerprint density at radius 1 is 1.21 bits per heavy atom. The summed E-state index contributed by atoms with van der Waals surface area (Å²) in [7, 11) is -1.93. The third kappa shape index (κ3) is 4.21. The van der Waals surface area contributed by atoms with Crippen molar-refractivity contribution in [2.24, 2.45) is 11.8 Å². The minimum atomic E-state index is -1.93. The quantitative estimate of drug-likeness (QED) is 0.734. The lowest BCUT2D eigenvalue weighted by atomic mass is 9.84. The van der Waals surface area contributed by atoms with Crippen molar-refractivity contribution in [1.29, 1.82) is 0 Å². The fraction of sp³-hybridized carbons (Fsp3) is 0.696. The van der Waals surface area contributed by atoms with Crippen molar-refractivity contribution in [2.45, 2.75) is 70.2 Å². The molecule has 0 aromatic heterocycles. The van der Waals surface area contributed by atoms with Gasteiger partial charge in [0.05, 0.1) is 6.54 Å². The van der Waals surface area contributed by atoms with Crippen LogP contribution in [-0.2, 0) is 14.8 Å². The van der Waals surface area contributed by atoms with Crippen LogP contribution in [0.15, 0.2) is 30.3 Å². The van der Waals surface area contributed by atoms with Crippen LogP contribution in [0.4, 0.5) is 0 Å². The molecule has 1 amide bonds. The van der Waals surface area contributed by atoms with Crippen LogP contribution in [0.5, 0.6) is 0 Å². The maximum absolute atomic E-state index is 13.1. The second-order valence-electron chi connectivity index (χ2n) is 10.3. The first-order valence-corrected chi connectivity index (χ1v) is 13.7. The third-order valence-corrected chi connectivity index (χ3v) is 11.8. The van der Waals surface area contributed by atoms with Crippen LogP contribution in [0, 0.1) is 11.8 Å². The number of amides is 1. The number of likely N-dealkylation sites (tertiary alicyclic amines) is 1. The van der Waals surface area contributed by atoms with Crippen LogP contribution in [0.1, 0.15) is 52.0 Å². The van der Waals surface area contributed by atoms with Gasteiger partial charge in [0.15, 0.2) is 8.32 Å². The van der Waals surface area contributed by atoms with E-state index in [1.165, 1.54) is 0 Å². The normalized spacial score (nSPS) is 26.8. The van der Waals surface area contributed by atoms with Crippen LogP contribution in [0.3, 0.4) is 0 Å². The zero-order valence-electron chi connectivity index (χ0n) is 18.2. The van der Waals surface area contributed by atoms with E-state index in [9.17, 15) is 9.90 Å². The van der Waals surface area contributed by atoms with E-state index in [0.717, 1.165) is 31.2 Å². The molecule has 1 aromatic rings. The summed E-state index contributed by atoms with van der Waals surface area (Å²) in [5.41, 5.74) is -0.154. The second kappa shape index (κ2) is 7.92. The molecule has 0 spiro atoms. The molecule has 4 nitrogen and oxygen atoms in total. The van der Waals surface area contributed by atoms with E-state index >= 15 is 0 Å². The van der Waals surface area contributed by atoms with Gasteiger partial charge in [-0.25, -0.2) is 0 Å². The molecule has 1 heterocycles. The van der Waals surface area contributed by atoms with Crippen molar-refractivity contribution >= 4 is 14.2 Å². The number of rotatable bonds is 5. The zero-order valence-corrected chi connectivity index (χ0v) is 19.2. The summed E-state index contributed by atoms with van der Waals surface area (Å²) in [4.78, 5) is 15.0. The highest BCUT2D eigenvalue weighted by atomic mass is 28.4. The van der Waals surface area contributed by atoms with E-state index in [2.05, 4.69) is 33.9 Å². The maximum Gasteiger partial charge on any atom is 0.225 e. The molecule has 0 unspecified atom stereocenters.